The van der Waals surface area contributed by atoms with Crippen LogP contribution in [0.3, 0.4) is 0 Å². The Kier molecular flexibility index (Phi) is 4.17. The summed E-state index contributed by atoms with van der Waals surface area (Å²) in [7, 11) is 0. The fourth-order valence-electron chi connectivity index (χ4n) is 2.94. The molecular formula is C20H15N3O4S. The number of hydrogen-bond donors (Lipinski definition) is 1. The van der Waals surface area contributed by atoms with Gasteiger partial charge in [0.15, 0.2) is 22.3 Å². The van der Waals surface area contributed by atoms with E-state index < -0.39 is 0 Å². The molecule has 140 valence electrons. The van der Waals surface area contributed by atoms with Crippen molar-refractivity contribution in [2.45, 2.75) is 6.54 Å². The van der Waals surface area contributed by atoms with Gasteiger partial charge in [-0.15, -0.1) is 11.3 Å². The summed E-state index contributed by atoms with van der Waals surface area (Å²) in [5.41, 5.74) is 2.28. The fourth-order valence-corrected chi connectivity index (χ4v) is 3.83. The molecule has 0 radical (unpaired) electrons. The molecule has 8 heteroatoms. The summed E-state index contributed by atoms with van der Waals surface area (Å²) in [5.74, 6) is 1.77. The van der Waals surface area contributed by atoms with Crippen molar-refractivity contribution in [3.63, 3.8) is 0 Å². The van der Waals surface area contributed by atoms with E-state index in [2.05, 4.69) is 15.5 Å². The Morgan fingerprint density at radius 3 is 2.82 bits per heavy atom. The van der Waals surface area contributed by atoms with Gasteiger partial charge in [-0.2, -0.15) is 0 Å². The maximum Gasteiger partial charge on any atom is 0.280 e. The molecule has 4 aromatic rings. The van der Waals surface area contributed by atoms with E-state index in [0.29, 0.717) is 35.4 Å². The van der Waals surface area contributed by atoms with Gasteiger partial charge < -0.3 is 19.3 Å². The van der Waals surface area contributed by atoms with Crippen LogP contribution in [-0.4, -0.2) is 29.3 Å². The summed E-state index contributed by atoms with van der Waals surface area (Å²) >= 11 is 1.36. The lowest BCUT2D eigenvalue weighted by molar-refractivity contribution is 0.0950. The number of thiazole rings is 1. The zero-order valence-corrected chi connectivity index (χ0v) is 15.5. The minimum absolute atomic E-state index is 0.231. The number of amides is 1. The summed E-state index contributed by atoms with van der Waals surface area (Å²) in [4.78, 5) is 16.7. The van der Waals surface area contributed by atoms with Crippen LogP contribution in [-0.2, 0) is 6.54 Å². The van der Waals surface area contributed by atoms with E-state index in [0.717, 1.165) is 21.5 Å². The topological polar surface area (TPSA) is 86.5 Å². The number of nitrogens with zero attached hydrogens (tertiary/aromatic N) is 2. The lowest BCUT2D eigenvalue weighted by atomic mass is 10.1. The molecule has 7 nitrogen and oxygen atoms in total. The van der Waals surface area contributed by atoms with Crippen LogP contribution in [0.15, 0.2) is 53.1 Å². The number of nitrogens with one attached hydrogen (secondary N) is 1. The third kappa shape index (κ3) is 3.18. The van der Waals surface area contributed by atoms with Crippen molar-refractivity contribution in [3.8, 4) is 22.8 Å². The molecular weight excluding hydrogens is 378 g/mol. The van der Waals surface area contributed by atoms with Gasteiger partial charge in [0, 0.05) is 11.6 Å². The van der Waals surface area contributed by atoms with E-state index in [9.17, 15) is 4.79 Å². The molecule has 1 aliphatic heterocycles. The van der Waals surface area contributed by atoms with Gasteiger partial charge in [0.25, 0.3) is 5.91 Å². The molecule has 1 N–H and O–H groups in total. The first-order valence-electron chi connectivity index (χ1n) is 8.76. The first-order chi connectivity index (χ1) is 13.8. The maximum absolute atomic E-state index is 12.4. The third-order valence-electron chi connectivity index (χ3n) is 4.30. The summed E-state index contributed by atoms with van der Waals surface area (Å²) in [6.07, 6.45) is 0. The van der Waals surface area contributed by atoms with E-state index in [1.165, 1.54) is 11.3 Å². The van der Waals surface area contributed by atoms with Crippen LogP contribution in [0.1, 0.15) is 15.5 Å². The van der Waals surface area contributed by atoms with E-state index in [-0.39, 0.29) is 12.5 Å². The van der Waals surface area contributed by atoms with Gasteiger partial charge in [0.1, 0.15) is 18.9 Å². The van der Waals surface area contributed by atoms with Crippen molar-refractivity contribution >= 4 is 27.5 Å². The van der Waals surface area contributed by atoms with Crippen molar-refractivity contribution in [3.05, 3.63) is 59.2 Å². The monoisotopic (exact) mass is 393 g/mol. The standard InChI is InChI=1S/C20H15N3O4S/c24-19(20-22-14-3-1-2-4-18(14)28-20)21-11-13-10-16(27-23-13)12-5-6-15-17(9-12)26-8-7-25-15/h1-6,9-10H,7-8,11H2,(H,21,24). The SMILES string of the molecule is O=C(NCc1cc(-c2ccc3c(c2)OCCO3)on1)c1nc2ccccc2s1. The summed E-state index contributed by atoms with van der Waals surface area (Å²) in [6, 6.07) is 15.1. The number of ether oxygens (including phenoxy) is 2. The highest BCUT2D eigenvalue weighted by molar-refractivity contribution is 7.20. The van der Waals surface area contributed by atoms with Crippen LogP contribution >= 0.6 is 11.3 Å². The molecule has 0 saturated carbocycles. The molecule has 28 heavy (non-hydrogen) atoms. The van der Waals surface area contributed by atoms with Gasteiger partial charge in [-0.25, -0.2) is 4.98 Å². The molecule has 0 aliphatic carbocycles. The Labute approximate surface area is 163 Å². The van der Waals surface area contributed by atoms with Gasteiger partial charge in [0.2, 0.25) is 0 Å². The van der Waals surface area contributed by atoms with Gasteiger partial charge in [0.05, 0.1) is 16.8 Å². The molecule has 0 saturated heterocycles. The number of rotatable bonds is 4. The molecule has 5 rings (SSSR count). The maximum atomic E-state index is 12.4. The highest BCUT2D eigenvalue weighted by atomic mass is 32.1. The Balaban J connectivity index is 1.28. The number of carbonyl (C=O) groups excluding carboxylic acids is 1. The predicted molar refractivity (Wildman–Crippen MR) is 104 cm³/mol. The lowest BCUT2D eigenvalue weighted by Gasteiger charge is -2.18. The lowest BCUT2D eigenvalue weighted by Crippen LogP contribution is -2.22. The minimum Gasteiger partial charge on any atom is -0.486 e. The van der Waals surface area contributed by atoms with Crippen LogP contribution in [0.25, 0.3) is 21.5 Å². The normalized spacial score (nSPS) is 12.9. The molecule has 0 spiro atoms. The Morgan fingerprint density at radius 2 is 1.93 bits per heavy atom. The van der Waals surface area contributed by atoms with Gasteiger partial charge in [-0.1, -0.05) is 17.3 Å². The molecule has 0 unspecified atom stereocenters. The van der Waals surface area contributed by atoms with Crippen LogP contribution in [0.5, 0.6) is 11.5 Å². The first kappa shape index (κ1) is 16.8. The molecule has 0 fully saturated rings. The fraction of sp³-hybridized carbons (Fsp3) is 0.150. The van der Waals surface area contributed by atoms with Crippen molar-refractivity contribution in [1.82, 2.24) is 15.5 Å². The number of fused-ring (bicyclic) bond motifs is 2. The van der Waals surface area contributed by atoms with Crippen molar-refractivity contribution in [2.75, 3.05) is 13.2 Å². The van der Waals surface area contributed by atoms with E-state index >= 15 is 0 Å². The second-order valence-electron chi connectivity index (χ2n) is 6.21. The number of hydrogen-bond acceptors (Lipinski definition) is 7. The second kappa shape index (κ2) is 6.97. The van der Waals surface area contributed by atoms with Crippen molar-refractivity contribution in [2.24, 2.45) is 0 Å². The highest BCUT2D eigenvalue weighted by Crippen LogP contribution is 2.34. The van der Waals surface area contributed by atoms with E-state index in [1.54, 1.807) is 6.07 Å². The summed E-state index contributed by atoms with van der Waals surface area (Å²) in [6.45, 7) is 1.33. The summed E-state index contributed by atoms with van der Waals surface area (Å²) < 4.78 is 17.5. The average molecular weight is 393 g/mol. The zero-order chi connectivity index (χ0) is 18.9. The second-order valence-corrected chi connectivity index (χ2v) is 7.24. The minimum atomic E-state index is -0.231. The molecule has 1 amide bonds. The van der Waals surface area contributed by atoms with Crippen LogP contribution in [0.2, 0.25) is 0 Å². The molecule has 2 aromatic heterocycles. The first-order valence-corrected chi connectivity index (χ1v) is 9.57. The largest absolute Gasteiger partial charge is 0.486 e. The van der Waals surface area contributed by atoms with Crippen LogP contribution < -0.4 is 14.8 Å². The number of benzene rings is 2. The smallest absolute Gasteiger partial charge is 0.280 e. The Hall–Kier alpha value is -3.39. The molecule has 3 heterocycles. The highest BCUT2D eigenvalue weighted by Gasteiger charge is 2.16. The Bertz CT molecular complexity index is 1130. The van der Waals surface area contributed by atoms with Gasteiger partial charge in [-0.3, -0.25) is 4.79 Å². The van der Waals surface area contributed by atoms with Crippen molar-refractivity contribution in [1.29, 1.82) is 0 Å². The zero-order valence-electron chi connectivity index (χ0n) is 14.7. The number of carbonyl (C=O) groups is 1. The van der Waals surface area contributed by atoms with Gasteiger partial charge in [-0.05, 0) is 30.3 Å². The van der Waals surface area contributed by atoms with E-state index in [1.807, 2.05) is 42.5 Å². The molecule has 0 bridgehead atoms. The van der Waals surface area contributed by atoms with Crippen LogP contribution in [0, 0.1) is 0 Å². The van der Waals surface area contributed by atoms with E-state index in [4.69, 9.17) is 14.0 Å². The molecule has 1 aliphatic rings. The van der Waals surface area contributed by atoms with Crippen molar-refractivity contribution < 1.29 is 18.8 Å². The quantitative estimate of drug-likeness (QED) is 0.570. The van der Waals surface area contributed by atoms with Gasteiger partial charge >= 0.3 is 0 Å². The third-order valence-corrected chi connectivity index (χ3v) is 5.34. The van der Waals surface area contributed by atoms with Crippen LogP contribution in [0.4, 0.5) is 0 Å². The average Bonchev–Trinajstić information content (AvgIpc) is 3.39. The molecule has 2 aromatic carbocycles. The number of aromatic nitrogens is 2. The predicted octanol–water partition coefficient (Wildman–Crippen LogP) is 3.65. The molecule has 0 atom stereocenters. The Morgan fingerprint density at radius 1 is 1.07 bits per heavy atom. The summed E-state index contributed by atoms with van der Waals surface area (Å²) in [5, 5.41) is 7.29. The number of para-hydroxylation sites is 1.